The second-order valence-electron chi connectivity index (χ2n) is 6.21. The van der Waals surface area contributed by atoms with Crippen molar-refractivity contribution in [1.82, 2.24) is 5.32 Å². The second-order valence-corrected chi connectivity index (χ2v) is 6.21. The standard InChI is InChI=1S/C14H25NO/c16-14-4-2-1-3-13(14)15-9-12(10-5-6-10)11-7-8-11/h10-16H,1-9H2/t13-,14-/m1/s1. The average Bonchev–Trinajstić information content (AvgIpc) is 3.15. The van der Waals surface area contributed by atoms with Crippen molar-refractivity contribution >= 4 is 0 Å². The molecule has 3 aliphatic carbocycles. The van der Waals surface area contributed by atoms with Gasteiger partial charge in [-0.3, -0.25) is 0 Å². The lowest BCUT2D eigenvalue weighted by atomic mass is 9.91. The van der Waals surface area contributed by atoms with E-state index in [2.05, 4.69) is 5.32 Å². The summed E-state index contributed by atoms with van der Waals surface area (Å²) >= 11 is 0. The normalized spacial score (nSPS) is 35.6. The predicted octanol–water partition coefficient (Wildman–Crippen LogP) is 2.32. The van der Waals surface area contributed by atoms with Crippen LogP contribution in [0.5, 0.6) is 0 Å². The third-order valence-corrected chi connectivity index (χ3v) is 4.80. The largest absolute Gasteiger partial charge is 0.392 e. The van der Waals surface area contributed by atoms with E-state index in [9.17, 15) is 5.11 Å². The van der Waals surface area contributed by atoms with Crippen molar-refractivity contribution in [3.8, 4) is 0 Å². The summed E-state index contributed by atoms with van der Waals surface area (Å²) in [5, 5.41) is 13.6. The van der Waals surface area contributed by atoms with E-state index in [4.69, 9.17) is 0 Å². The Bertz CT molecular complexity index is 223. The first-order valence-corrected chi connectivity index (χ1v) is 7.26. The molecule has 16 heavy (non-hydrogen) atoms. The van der Waals surface area contributed by atoms with E-state index in [1.165, 1.54) is 51.5 Å². The van der Waals surface area contributed by atoms with Gasteiger partial charge in [0.1, 0.15) is 0 Å². The molecule has 0 heterocycles. The van der Waals surface area contributed by atoms with E-state index < -0.39 is 0 Å². The summed E-state index contributed by atoms with van der Waals surface area (Å²) in [6, 6.07) is 0.397. The van der Waals surface area contributed by atoms with E-state index in [1.54, 1.807) is 0 Å². The molecule has 0 aromatic heterocycles. The molecule has 0 aromatic carbocycles. The van der Waals surface area contributed by atoms with Crippen molar-refractivity contribution in [2.24, 2.45) is 17.8 Å². The van der Waals surface area contributed by atoms with Crippen LogP contribution < -0.4 is 5.32 Å². The van der Waals surface area contributed by atoms with Gasteiger partial charge in [0.05, 0.1) is 6.10 Å². The van der Waals surface area contributed by atoms with E-state index in [0.717, 1.165) is 24.2 Å². The summed E-state index contributed by atoms with van der Waals surface area (Å²) in [7, 11) is 0. The molecule has 2 N–H and O–H groups in total. The van der Waals surface area contributed by atoms with Gasteiger partial charge >= 0.3 is 0 Å². The molecule has 0 unspecified atom stereocenters. The molecule has 0 aliphatic heterocycles. The van der Waals surface area contributed by atoms with Crippen LogP contribution in [0.2, 0.25) is 0 Å². The molecule has 92 valence electrons. The highest BCUT2D eigenvalue weighted by atomic mass is 16.3. The Morgan fingerprint density at radius 1 is 0.938 bits per heavy atom. The SMILES string of the molecule is O[C@@H]1CCCC[C@H]1NCC(C1CC1)C1CC1. The molecule has 0 radical (unpaired) electrons. The molecule has 3 saturated carbocycles. The van der Waals surface area contributed by atoms with Crippen molar-refractivity contribution < 1.29 is 5.11 Å². The van der Waals surface area contributed by atoms with Crippen LogP contribution in [-0.4, -0.2) is 23.8 Å². The molecular formula is C14H25NO. The van der Waals surface area contributed by atoms with Crippen molar-refractivity contribution in [2.75, 3.05) is 6.54 Å². The van der Waals surface area contributed by atoms with Gasteiger partial charge in [0.2, 0.25) is 0 Å². The maximum atomic E-state index is 9.93. The van der Waals surface area contributed by atoms with Crippen LogP contribution in [0.4, 0.5) is 0 Å². The smallest absolute Gasteiger partial charge is 0.0693 e. The third-order valence-electron chi connectivity index (χ3n) is 4.80. The van der Waals surface area contributed by atoms with Crippen LogP contribution in [0, 0.1) is 17.8 Å². The van der Waals surface area contributed by atoms with Crippen LogP contribution in [0.3, 0.4) is 0 Å². The lowest BCUT2D eigenvalue weighted by Crippen LogP contribution is -2.44. The minimum absolute atomic E-state index is 0.0761. The molecule has 3 rings (SSSR count). The molecular weight excluding hydrogens is 198 g/mol. The zero-order chi connectivity index (χ0) is 11.0. The number of hydrogen-bond donors (Lipinski definition) is 2. The Morgan fingerprint density at radius 2 is 1.56 bits per heavy atom. The maximum absolute atomic E-state index is 9.93. The fraction of sp³-hybridized carbons (Fsp3) is 1.00. The zero-order valence-corrected chi connectivity index (χ0v) is 10.2. The molecule has 3 fully saturated rings. The fourth-order valence-corrected chi connectivity index (χ4v) is 3.40. The number of rotatable bonds is 5. The number of aliphatic hydroxyl groups is 1. The number of nitrogens with one attached hydrogen (secondary N) is 1. The Labute approximate surface area is 98.8 Å². The van der Waals surface area contributed by atoms with Crippen molar-refractivity contribution in [1.29, 1.82) is 0 Å². The van der Waals surface area contributed by atoms with E-state index >= 15 is 0 Å². The van der Waals surface area contributed by atoms with Crippen LogP contribution >= 0.6 is 0 Å². The Hall–Kier alpha value is -0.0800. The monoisotopic (exact) mass is 223 g/mol. The first-order chi connectivity index (χ1) is 7.84. The van der Waals surface area contributed by atoms with Gasteiger partial charge in [0, 0.05) is 6.04 Å². The molecule has 2 atom stereocenters. The van der Waals surface area contributed by atoms with Gasteiger partial charge in [-0.2, -0.15) is 0 Å². The average molecular weight is 223 g/mol. The summed E-state index contributed by atoms with van der Waals surface area (Å²) in [5.74, 6) is 3.00. The highest BCUT2D eigenvalue weighted by Gasteiger charge is 2.41. The van der Waals surface area contributed by atoms with Crippen LogP contribution in [0.15, 0.2) is 0 Å². The summed E-state index contributed by atoms with van der Waals surface area (Å²) in [6.45, 7) is 1.18. The van der Waals surface area contributed by atoms with Crippen LogP contribution in [-0.2, 0) is 0 Å². The van der Waals surface area contributed by atoms with Crippen molar-refractivity contribution in [3.63, 3.8) is 0 Å². The minimum atomic E-state index is -0.0761. The van der Waals surface area contributed by atoms with Crippen LogP contribution in [0.25, 0.3) is 0 Å². The number of aliphatic hydroxyl groups excluding tert-OH is 1. The van der Waals surface area contributed by atoms with Gasteiger partial charge in [-0.15, -0.1) is 0 Å². The second kappa shape index (κ2) is 4.66. The van der Waals surface area contributed by atoms with Gasteiger partial charge < -0.3 is 10.4 Å². The lowest BCUT2D eigenvalue weighted by Gasteiger charge is -2.30. The first kappa shape index (κ1) is 11.0. The summed E-state index contributed by atoms with van der Waals surface area (Å²) in [6.07, 6.45) is 10.5. The van der Waals surface area contributed by atoms with Gasteiger partial charge in [0.15, 0.2) is 0 Å². The first-order valence-electron chi connectivity index (χ1n) is 7.26. The molecule has 0 amide bonds. The predicted molar refractivity (Wildman–Crippen MR) is 65.2 cm³/mol. The minimum Gasteiger partial charge on any atom is -0.392 e. The highest BCUT2D eigenvalue weighted by molar-refractivity contribution is 4.93. The van der Waals surface area contributed by atoms with E-state index in [-0.39, 0.29) is 6.10 Å². The maximum Gasteiger partial charge on any atom is 0.0693 e. The molecule has 3 aliphatic rings. The van der Waals surface area contributed by atoms with Crippen molar-refractivity contribution in [2.45, 2.75) is 63.5 Å². The quantitative estimate of drug-likeness (QED) is 0.749. The summed E-state index contributed by atoms with van der Waals surface area (Å²) in [5.41, 5.74) is 0. The van der Waals surface area contributed by atoms with Gasteiger partial charge in [-0.05, 0) is 62.8 Å². The topological polar surface area (TPSA) is 32.3 Å². The Morgan fingerprint density at radius 3 is 2.12 bits per heavy atom. The number of hydrogen-bond acceptors (Lipinski definition) is 2. The van der Waals surface area contributed by atoms with Crippen molar-refractivity contribution in [3.05, 3.63) is 0 Å². The summed E-state index contributed by atoms with van der Waals surface area (Å²) < 4.78 is 0. The third kappa shape index (κ3) is 2.60. The lowest BCUT2D eigenvalue weighted by molar-refractivity contribution is 0.0874. The van der Waals surface area contributed by atoms with Gasteiger partial charge in [-0.1, -0.05) is 12.8 Å². The molecule has 0 saturated heterocycles. The molecule has 0 bridgehead atoms. The van der Waals surface area contributed by atoms with Gasteiger partial charge in [-0.25, -0.2) is 0 Å². The molecule has 0 aromatic rings. The van der Waals surface area contributed by atoms with Crippen LogP contribution in [0.1, 0.15) is 51.4 Å². The summed E-state index contributed by atoms with van der Waals surface area (Å²) in [4.78, 5) is 0. The Kier molecular flexibility index (Phi) is 3.21. The zero-order valence-electron chi connectivity index (χ0n) is 10.2. The molecule has 0 spiro atoms. The van der Waals surface area contributed by atoms with E-state index in [0.29, 0.717) is 6.04 Å². The van der Waals surface area contributed by atoms with Gasteiger partial charge in [0.25, 0.3) is 0 Å². The highest BCUT2D eigenvalue weighted by Crippen LogP contribution is 2.48. The van der Waals surface area contributed by atoms with E-state index in [1.807, 2.05) is 0 Å². The molecule has 2 heteroatoms. The molecule has 2 nitrogen and oxygen atoms in total. The fourth-order valence-electron chi connectivity index (χ4n) is 3.40. The Balaban J connectivity index is 1.46.